The number of rotatable bonds is 1. The van der Waals surface area contributed by atoms with Crippen LogP contribution in [0.3, 0.4) is 0 Å². The molecular weight excluding hydrogens is 198 g/mol. The number of aryl methyl sites for hydroxylation is 1. The Morgan fingerprint density at radius 3 is 2.47 bits per heavy atom. The zero-order valence-corrected chi connectivity index (χ0v) is 8.55. The quantitative estimate of drug-likeness (QED) is 0.531. The van der Waals surface area contributed by atoms with Gasteiger partial charge < -0.3 is 14.3 Å². The number of hydrogen-bond donors (Lipinski definition) is 0. The summed E-state index contributed by atoms with van der Waals surface area (Å²) in [6.45, 7) is 2.43. The van der Waals surface area contributed by atoms with E-state index in [1.165, 1.54) is 9.24 Å². The van der Waals surface area contributed by atoms with Crippen LogP contribution in [-0.2, 0) is 11.8 Å². The van der Waals surface area contributed by atoms with Gasteiger partial charge in [-0.1, -0.05) is 0 Å². The van der Waals surface area contributed by atoms with E-state index >= 15 is 0 Å². The van der Waals surface area contributed by atoms with Gasteiger partial charge in [0.05, 0.1) is 26.3 Å². The highest BCUT2D eigenvalue weighted by molar-refractivity contribution is 4.94. The first kappa shape index (κ1) is 9.97. The summed E-state index contributed by atoms with van der Waals surface area (Å²) >= 11 is 0. The molecule has 0 spiro atoms. The lowest BCUT2D eigenvalue weighted by Crippen LogP contribution is -2.53. The molecule has 1 aliphatic rings. The van der Waals surface area contributed by atoms with Gasteiger partial charge in [-0.05, 0) is 0 Å². The van der Waals surface area contributed by atoms with Crippen molar-refractivity contribution in [2.24, 2.45) is 7.05 Å². The molecule has 0 unspecified atom stereocenters. The zero-order valence-electron chi connectivity index (χ0n) is 8.55. The van der Waals surface area contributed by atoms with Crippen LogP contribution in [0.5, 0.6) is 0 Å². The largest absolute Gasteiger partial charge is 0.378 e. The van der Waals surface area contributed by atoms with Gasteiger partial charge in [0.25, 0.3) is 0 Å². The fourth-order valence-corrected chi connectivity index (χ4v) is 1.54. The van der Waals surface area contributed by atoms with Gasteiger partial charge in [-0.15, -0.1) is 0 Å². The van der Waals surface area contributed by atoms with Crippen molar-refractivity contribution in [1.82, 2.24) is 9.24 Å². The van der Waals surface area contributed by atoms with Gasteiger partial charge in [-0.3, -0.25) is 9.59 Å². The molecule has 0 radical (unpaired) electrons. The summed E-state index contributed by atoms with van der Waals surface area (Å²) in [5.41, 5.74) is -1.02. The molecule has 0 aliphatic carbocycles. The number of ether oxygens (including phenoxy) is 1. The van der Waals surface area contributed by atoms with Crippen LogP contribution >= 0.6 is 0 Å². The van der Waals surface area contributed by atoms with E-state index in [-0.39, 0.29) is 0 Å². The Labute approximate surface area is 86.3 Å². The van der Waals surface area contributed by atoms with Gasteiger partial charge >= 0.3 is 11.1 Å². The molecule has 82 valence electrons. The number of hydrogen-bond acceptors (Lipinski definition) is 4. The molecule has 0 bridgehead atoms. The van der Waals surface area contributed by atoms with Crippen LogP contribution in [0.15, 0.2) is 22.0 Å². The van der Waals surface area contributed by atoms with Crippen molar-refractivity contribution in [1.29, 1.82) is 0 Å². The maximum Gasteiger partial charge on any atom is 0.334 e. The maximum absolute atomic E-state index is 11.6. The second-order valence-corrected chi connectivity index (χ2v) is 3.43. The SMILES string of the molecule is Cn1ccn(N2CCOCC2)c(=O)c1=O. The van der Waals surface area contributed by atoms with Crippen molar-refractivity contribution < 1.29 is 4.74 Å². The lowest BCUT2D eigenvalue weighted by atomic mass is 10.5. The summed E-state index contributed by atoms with van der Waals surface area (Å²) < 4.78 is 7.82. The lowest BCUT2D eigenvalue weighted by molar-refractivity contribution is 0.110. The van der Waals surface area contributed by atoms with E-state index in [2.05, 4.69) is 0 Å². The Balaban J connectivity index is 2.40. The maximum atomic E-state index is 11.6. The second kappa shape index (κ2) is 3.90. The van der Waals surface area contributed by atoms with Crippen molar-refractivity contribution in [2.75, 3.05) is 31.3 Å². The summed E-state index contributed by atoms with van der Waals surface area (Å²) in [6, 6.07) is 0. The summed E-state index contributed by atoms with van der Waals surface area (Å²) in [7, 11) is 1.56. The van der Waals surface area contributed by atoms with Crippen molar-refractivity contribution in [3.05, 3.63) is 33.1 Å². The van der Waals surface area contributed by atoms with E-state index in [4.69, 9.17) is 4.74 Å². The first-order chi connectivity index (χ1) is 7.20. The molecule has 1 aromatic heterocycles. The molecule has 0 amide bonds. The Kier molecular flexibility index (Phi) is 2.59. The molecule has 6 heteroatoms. The molecular formula is C9H13N3O3. The monoisotopic (exact) mass is 211 g/mol. The highest BCUT2D eigenvalue weighted by atomic mass is 16.5. The van der Waals surface area contributed by atoms with Gasteiger partial charge in [0.15, 0.2) is 0 Å². The smallest absolute Gasteiger partial charge is 0.334 e. The van der Waals surface area contributed by atoms with Crippen molar-refractivity contribution in [3.63, 3.8) is 0 Å². The Hall–Kier alpha value is -1.56. The minimum atomic E-state index is -0.512. The summed E-state index contributed by atoms with van der Waals surface area (Å²) in [5.74, 6) is 0. The highest BCUT2D eigenvalue weighted by Crippen LogP contribution is 1.93. The first-order valence-electron chi connectivity index (χ1n) is 4.81. The first-order valence-corrected chi connectivity index (χ1v) is 4.81. The van der Waals surface area contributed by atoms with E-state index in [0.29, 0.717) is 26.3 Å². The van der Waals surface area contributed by atoms with E-state index in [1.807, 2.05) is 5.01 Å². The van der Waals surface area contributed by atoms with Crippen molar-refractivity contribution in [3.8, 4) is 0 Å². The minimum absolute atomic E-state index is 0.510. The molecule has 2 rings (SSSR count). The average molecular weight is 211 g/mol. The predicted molar refractivity (Wildman–Crippen MR) is 54.7 cm³/mol. The van der Waals surface area contributed by atoms with Gasteiger partial charge in [0.1, 0.15) is 0 Å². The molecule has 0 atom stereocenters. The fraction of sp³-hybridized carbons (Fsp3) is 0.556. The van der Waals surface area contributed by atoms with Crippen molar-refractivity contribution in [2.45, 2.75) is 0 Å². The minimum Gasteiger partial charge on any atom is -0.378 e. The average Bonchev–Trinajstić information content (AvgIpc) is 2.27. The van der Waals surface area contributed by atoms with Crippen LogP contribution in [0, 0.1) is 0 Å². The van der Waals surface area contributed by atoms with E-state index in [0.717, 1.165) is 0 Å². The number of nitrogens with zero attached hydrogens (tertiary/aromatic N) is 3. The van der Waals surface area contributed by atoms with E-state index in [1.54, 1.807) is 19.4 Å². The predicted octanol–water partition coefficient (Wildman–Crippen LogP) is -1.48. The number of morpholine rings is 1. The molecule has 1 fully saturated rings. The van der Waals surface area contributed by atoms with E-state index in [9.17, 15) is 9.59 Å². The third kappa shape index (κ3) is 1.80. The Morgan fingerprint density at radius 2 is 1.80 bits per heavy atom. The Morgan fingerprint density at radius 1 is 1.13 bits per heavy atom. The summed E-state index contributed by atoms with van der Waals surface area (Å²) in [6.07, 6.45) is 3.19. The van der Waals surface area contributed by atoms with E-state index < -0.39 is 11.1 Å². The zero-order chi connectivity index (χ0) is 10.8. The molecule has 0 saturated carbocycles. The van der Waals surface area contributed by atoms with Gasteiger partial charge in [0.2, 0.25) is 0 Å². The third-order valence-corrected chi connectivity index (χ3v) is 2.44. The Bertz CT molecular complexity index is 456. The number of aromatic nitrogens is 2. The van der Waals surface area contributed by atoms with Gasteiger partial charge in [-0.2, -0.15) is 0 Å². The van der Waals surface area contributed by atoms with Crippen LogP contribution < -0.4 is 16.1 Å². The molecule has 1 aromatic rings. The summed E-state index contributed by atoms with van der Waals surface area (Å²) in [4.78, 5) is 23.0. The van der Waals surface area contributed by atoms with Crippen molar-refractivity contribution >= 4 is 0 Å². The normalized spacial score (nSPS) is 16.7. The standard InChI is InChI=1S/C9H13N3O3/c1-10-2-3-12(9(14)8(10)13)11-4-6-15-7-5-11/h2-3H,4-7H2,1H3. The van der Waals surface area contributed by atoms with Crippen LogP contribution in [0.4, 0.5) is 0 Å². The third-order valence-electron chi connectivity index (χ3n) is 2.44. The topological polar surface area (TPSA) is 56.5 Å². The molecule has 15 heavy (non-hydrogen) atoms. The fourth-order valence-electron chi connectivity index (χ4n) is 1.54. The molecule has 1 aliphatic heterocycles. The molecule has 0 aromatic carbocycles. The molecule has 6 nitrogen and oxygen atoms in total. The van der Waals surface area contributed by atoms with Gasteiger partial charge in [0, 0.05) is 19.4 Å². The van der Waals surface area contributed by atoms with Crippen LogP contribution in [0.1, 0.15) is 0 Å². The molecule has 1 saturated heterocycles. The summed E-state index contributed by atoms with van der Waals surface area (Å²) in [5, 5.41) is 1.81. The molecule has 0 N–H and O–H groups in total. The van der Waals surface area contributed by atoms with Gasteiger partial charge in [-0.25, -0.2) is 4.68 Å². The van der Waals surface area contributed by atoms with Crippen LogP contribution in [0.2, 0.25) is 0 Å². The van der Waals surface area contributed by atoms with Crippen LogP contribution in [-0.4, -0.2) is 35.5 Å². The van der Waals surface area contributed by atoms with Crippen LogP contribution in [0.25, 0.3) is 0 Å². The second-order valence-electron chi connectivity index (χ2n) is 3.43. The lowest BCUT2D eigenvalue weighted by Gasteiger charge is -2.29. The molecule has 2 heterocycles. The highest BCUT2D eigenvalue weighted by Gasteiger charge is 2.13.